The number of nitrogens with zero attached hydrogens (tertiary/aromatic N) is 2. The standard InChI is InChI=1S/C10H21N3O2/c1-12(8-9-15-2)6-7-13-5-3-4-11-10(13)14/h3-9H2,1-2H3,(H,11,14). The molecule has 1 heterocycles. The maximum Gasteiger partial charge on any atom is 0.317 e. The van der Waals surface area contributed by atoms with Gasteiger partial charge in [0.05, 0.1) is 6.61 Å². The van der Waals surface area contributed by atoms with Crippen LogP contribution in [0.2, 0.25) is 0 Å². The van der Waals surface area contributed by atoms with Crippen molar-refractivity contribution in [3.8, 4) is 0 Å². The Bertz CT molecular complexity index is 199. The van der Waals surface area contributed by atoms with Crippen molar-refractivity contribution in [1.29, 1.82) is 0 Å². The molecule has 15 heavy (non-hydrogen) atoms. The summed E-state index contributed by atoms with van der Waals surface area (Å²) in [7, 11) is 3.74. The Balaban J connectivity index is 2.14. The second kappa shape index (κ2) is 6.63. The molecule has 5 nitrogen and oxygen atoms in total. The fourth-order valence-electron chi connectivity index (χ4n) is 1.54. The fraction of sp³-hybridized carbons (Fsp3) is 0.900. The van der Waals surface area contributed by atoms with Crippen LogP contribution in [0.3, 0.4) is 0 Å². The number of carbonyl (C=O) groups is 1. The summed E-state index contributed by atoms with van der Waals surface area (Å²) in [5.74, 6) is 0. The van der Waals surface area contributed by atoms with Gasteiger partial charge >= 0.3 is 6.03 Å². The Labute approximate surface area is 91.4 Å². The molecule has 5 heteroatoms. The van der Waals surface area contributed by atoms with Gasteiger partial charge in [-0.05, 0) is 13.5 Å². The van der Waals surface area contributed by atoms with Gasteiger partial charge in [-0.1, -0.05) is 0 Å². The number of urea groups is 1. The zero-order valence-corrected chi connectivity index (χ0v) is 9.66. The van der Waals surface area contributed by atoms with E-state index in [2.05, 4.69) is 10.2 Å². The first-order valence-electron chi connectivity index (χ1n) is 5.44. The summed E-state index contributed by atoms with van der Waals surface area (Å²) in [5.41, 5.74) is 0. The minimum atomic E-state index is 0.0707. The van der Waals surface area contributed by atoms with E-state index < -0.39 is 0 Å². The van der Waals surface area contributed by atoms with Crippen LogP contribution in [-0.2, 0) is 4.74 Å². The van der Waals surface area contributed by atoms with Crippen molar-refractivity contribution in [3.63, 3.8) is 0 Å². The quantitative estimate of drug-likeness (QED) is 0.677. The van der Waals surface area contributed by atoms with Crippen molar-refractivity contribution in [2.24, 2.45) is 0 Å². The highest BCUT2D eigenvalue weighted by molar-refractivity contribution is 5.74. The van der Waals surface area contributed by atoms with Crippen LogP contribution < -0.4 is 5.32 Å². The largest absolute Gasteiger partial charge is 0.383 e. The molecule has 1 saturated heterocycles. The Hall–Kier alpha value is -0.810. The van der Waals surface area contributed by atoms with Crippen LogP contribution in [0.4, 0.5) is 4.79 Å². The third-order valence-corrected chi connectivity index (χ3v) is 2.60. The van der Waals surface area contributed by atoms with E-state index in [1.807, 2.05) is 11.9 Å². The molecule has 2 amide bonds. The van der Waals surface area contributed by atoms with E-state index in [1.165, 1.54) is 0 Å². The third kappa shape index (κ3) is 4.48. The van der Waals surface area contributed by atoms with Crippen molar-refractivity contribution >= 4 is 6.03 Å². The van der Waals surface area contributed by atoms with Gasteiger partial charge in [0, 0.05) is 39.8 Å². The van der Waals surface area contributed by atoms with Crippen LogP contribution in [0.15, 0.2) is 0 Å². The molecule has 1 fully saturated rings. The number of amides is 2. The van der Waals surface area contributed by atoms with Crippen LogP contribution >= 0.6 is 0 Å². The van der Waals surface area contributed by atoms with Crippen molar-refractivity contribution in [2.45, 2.75) is 6.42 Å². The minimum absolute atomic E-state index is 0.0707. The predicted molar refractivity (Wildman–Crippen MR) is 59.0 cm³/mol. The monoisotopic (exact) mass is 215 g/mol. The SMILES string of the molecule is COCCN(C)CCN1CCCNC1=O. The highest BCUT2D eigenvalue weighted by Gasteiger charge is 2.16. The van der Waals surface area contributed by atoms with Gasteiger partial charge in [0.2, 0.25) is 0 Å². The number of methoxy groups -OCH3 is 1. The lowest BCUT2D eigenvalue weighted by Gasteiger charge is -2.29. The van der Waals surface area contributed by atoms with Crippen molar-refractivity contribution in [3.05, 3.63) is 0 Å². The first-order valence-corrected chi connectivity index (χ1v) is 5.44. The lowest BCUT2D eigenvalue weighted by Crippen LogP contribution is -2.48. The van der Waals surface area contributed by atoms with Gasteiger partial charge in [0.1, 0.15) is 0 Å². The number of nitrogens with one attached hydrogen (secondary N) is 1. The highest BCUT2D eigenvalue weighted by Crippen LogP contribution is 1.98. The first kappa shape index (κ1) is 12.3. The van der Waals surface area contributed by atoms with Gasteiger partial charge in [0.25, 0.3) is 0 Å². The molecule has 0 radical (unpaired) electrons. The molecular formula is C10H21N3O2. The average Bonchev–Trinajstić information content (AvgIpc) is 2.25. The van der Waals surface area contributed by atoms with E-state index in [9.17, 15) is 4.79 Å². The molecule has 1 N–H and O–H groups in total. The summed E-state index contributed by atoms with van der Waals surface area (Å²) < 4.78 is 4.99. The van der Waals surface area contributed by atoms with Crippen LogP contribution in [0, 0.1) is 0 Å². The van der Waals surface area contributed by atoms with Crippen LogP contribution in [0.25, 0.3) is 0 Å². The first-order chi connectivity index (χ1) is 7.24. The minimum Gasteiger partial charge on any atom is -0.383 e. The number of hydrogen-bond donors (Lipinski definition) is 1. The molecule has 88 valence electrons. The molecule has 0 aromatic heterocycles. The van der Waals surface area contributed by atoms with Crippen LogP contribution in [0.5, 0.6) is 0 Å². The Morgan fingerprint density at radius 3 is 3.00 bits per heavy atom. The summed E-state index contributed by atoms with van der Waals surface area (Å²) in [5, 5.41) is 2.84. The zero-order valence-electron chi connectivity index (χ0n) is 9.66. The van der Waals surface area contributed by atoms with Crippen molar-refractivity contribution < 1.29 is 9.53 Å². The molecule has 1 rings (SSSR count). The highest BCUT2D eigenvalue weighted by atomic mass is 16.5. The van der Waals surface area contributed by atoms with Crippen molar-refractivity contribution in [2.75, 3.05) is 53.5 Å². The summed E-state index contributed by atoms with van der Waals surface area (Å²) in [6.45, 7) is 5.04. The molecule has 1 aliphatic rings. The van der Waals surface area contributed by atoms with E-state index in [4.69, 9.17) is 4.74 Å². The predicted octanol–water partition coefficient (Wildman–Crippen LogP) is -0.0201. The van der Waals surface area contributed by atoms with E-state index in [0.717, 1.165) is 45.8 Å². The average molecular weight is 215 g/mol. The number of likely N-dealkylation sites (N-methyl/N-ethyl adjacent to an activating group) is 1. The maximum atomic E-state index is 11.4. The Morgan fingerprint density at radius 1 is 1.53 bits per heavy atom. The second-order valence-corrected chi connectivity index (χ2v) is 3.87. The van der Waals surface area contributed by atoms with Gasteiger partial charge < -0.3 is 19.9 Å². The lowest BCUT2D eigenvalue weighted by molar-refractivity contribution is 0.148. The summed E-state index contributed by atoms with van der Waals surface area (Å²) in [6.07, 6.45) is 1.05. The number of ether oxygens (including phenoxy) is 1. The third-order valence-electron chi connectivity index (χ3n) is 2.60. The summed E-state index contributed by atoms with van der Waals surface area (Å²) in [4.78, 5) is 15.4. The molecule has 0 aromatic carbocycles. The van der Waals surface area contributed by atoms with Gasteiger partial charge in [-0.25, -0.2) is 4.79 Å². The maximum absolute atomic E-state index is 11.4. The smallest absolute Gasteiger partial charge is 0.317 e. The number of rotatable bonds is 6. The molecule has 0 saturated carbocycles. The molecule has 1 aliphatic heterocycles. The second-order valence-electron chi connectivity index (χ2n) is 3.87. The van der Waals surface area contributed by atoms with Crippen molar-refractivity contribution in [1.82, 2.24) is 15.1 Å². The van der Waals surface area contributed by atoms with Crippen LogP contribution in [0.1, 0.15) is 6.42 Å². The van der Waals surface area contributed by atoms with Gasteiger partial charge in [-0.3, -0.25) is 0 Å². The topological polar surface area (TPSA) is 44.8 Å². The van der Waals surface area contributed by atoms with E-state index in [0.29, 0.717) is 0 Å². The van der Waals surface area contributed by atoms with E-state index in [-0.39, 0.29) is 6.03 Å². The normalized spacial score (nSPS) is 17.0. The zero-order chi connectivity index (χ0) is 11.1. The summed E-state index contributed by atoms with van der Waals surface area (Å²) >= 11 is 0. The fourth-order valence-corrected chi connectivity index (χ4v) is 1.54. The van der Waals surface area contributed by atoms with E-state index >= 15 is 0 Å². The van der Waals surface area contributed by atoms with E-state index in [1.54, 1.807) is 7.11 Å². The van der Waals surface area contributed by atoms with Gasteiger partial charge in [-0.15, -0.1) is 0 Å². The molecular weight excluding hydrogens is 194 g/mol. The molecule has 0 spiro atoms. The van der Waals surface area contributed by atoms with Crippen LogP contribution in [-0.4, -0.2) is 69.3 Å². The molecule has 0 atom stereocenters. The molecule has 0 bridgehead atoms. The Kier molecular flexibility index (Phi) is 5.42. The summed E-state index contributed by atoms with van der Waals surface area (Å²) in [6, 6.07) is 0.0707. The lowest BCUT2D eigenvalue weighted by atomic mass is 10.3. The molecule has 0 unspecified atom stereocenters. The number of hydrogen-bond acceptors (Lipinski definition) is 3. The molecule has 0 aliphatic carbocycles. The number of carbonyl (C=O) groups excluding carboxylic acids is 1. The Morgan fingerprint density at radius 2 is 2.33 bits per heavy atom. The molecule has 0 aromatic rings. The van der Waals surface area contributed by atoms with Gasteiger partial charge in [-0.2, -0.15) is 0 Å². The van der Waals surface area contributed by atoms with Gasteiger partial charge in [0.15, 0.2) is 0 Å².